The minimum Gasteiger partial charge on any atom is -0.394 e. The topological polar surface area (TPSA) is 71.4 Å². The molecule has 0 spiro atoms. The number of fused-ring (bicyclic) bond motifs is 1. The summed E-state index contributed by atoms with van der Waals surface area (Å²) < 4.78 is 2.01. The number of rotatable bonds is 11. The van der Waals surface area contributed by atoms with Crippen molar-refractivity contribution in [3.05, 3.63) is 36.0 Å². The fourth-order valence-electron chi connectivity index (χ4n) is 3.14. The maximum Gasteiger partial charge on any atom is 0.0804 e. The molecule has 1 aromatic carbocycles. The van der Waals surface area contributed by atoms with Crippen LogP contribution in [0.4, 0.5) is 0 Å². The van der Waals surface area contributed by atoms with E-state index in [-0.39, 0.29) is 13.2 Å². The monoisotopic (exact) mass is 332 g/mol. The molecule has 4 heteroatoms. The highest BCUT2D eigenvalue weighted by atomic mass is 16.3. The molecule has 0 saturated carbocycles. The van der Waals surface area contributed by atoms with Crippen LogP contribution >= 0.6 is 0 Å². The molecule has 0 unspecified atom stereocenters. The zero-order valence-electron chi connectivity index (χ0n) is 14.9. The van der Waals surface area contributed by atoms with Gasteiger partial charge in [0.05, 0.1) is 18.8 Å². The third-order valence-corrected chi connectivity index (χ3v) is 4.77. The van der Waals surface area contributed by atoms with Crippen molar-refractivity contribution >= 4 is 10.9 Å². The first-order valence-electron chi connectivity index (χ1n) is 9.20. The molecule has 4 N–H and O–H groups in total. The van der Waals surface area contributed by atoms with Gasteiger partial charge in [0.15, 0.2) is 0 Å². The summed E-state index contributed by atoms with van der Waals surface area (Å²) in [4.78, 5) is 0. The Bertz CT molecular complexity index is 617. The largest absolute Gasteiger partial charge is 0.394 e. The van der Waals surface area contributed by atoms with Gasteiger partial charge in [-0.15, -0.1) is 0 Å². The lowest BCUT2D eigenvalue weighted by molar-refractivity contribution is 0.109. The van der Waals surface area contributed by atoms with Crippen LogP contribution in [0.2, 0.25) is 0 Å². The SMILES string of the molecule is CCCCCCCCc1ccc2c(ccn2CC(N)(CO)CO)c1. The summed E-state index contributed by atoms with van der Waals surface area (Å²) in [6, 6.07) is 8.63. The van der Waals surface area contributed by atoms with Crippen LogP contribution in [-0.4, -0.2) is 33.5 Å². The van der Waals surface area contributed by atoms with Gasteiger partial charge in [-0.3, -0.25) is 0 Å². The van der Waals surface area contributed by atoms with Gasteiger partial charge in [0.2, 0.25) is 0 Å². The summed E-state index contributed by atoms with van der Waals surface area (Å²) in [5.41, 5.74) is 7.49. The first-order chi connectivity index (χ1) is 11.6. The number of aliphatic hydroxyl groups is 2. The average molecular weight is 332 g/mol. The molecule has 0 saturated heterocycles. The number of aryl methyl sites for hydroxylation is 1. The number of nitrogens with zero attached hydrogens (tertiary/aromatic N) is 1. The Kier molecular flexibility index (Phi) is 7.28. The van der Waals surface area contributed by atoms with Gasteiger partial charge >= 0.3 is 0 Å². The number of hydrogen-bond acceptors (Lipinski definition) is 3. The minimum atomic E-state index is -0.983. The molecule has 134 valence electrons. The molecule has 0 bridgehead atoms. The molecule has 2 aromatic rings. The van der Waals surface area contributed by atoms with E-state index >= 15 is 0 Å². The van der Waals surface area contributed by atoms with Crippen LogP contribution in [0.1, 0.15) is 51.0 Å². The van der Waals surface area contributed by atoms with Gasteiger partial charge in [-0.05, 0) is 42.0 Å². The van der Waals surface area contributed by atoms with E-state index in [2.05, 4.69) is 31.2 Å². The molecule has 4 nitrogen and oxygen atoms in total. The normalized spacial score (nSPS) is 12.2. The highest BCUT2D eigenvalue weighted by molar-refractivity contribution is 5.80. The van der Waals surface area contributed by atoms with Gasteiger partial charge in [0.1, 0.15) is 0 Å². The Labute approximate surface area is 145 Å². The lowest BCUT2D eigenvalue weighted by atomic mass is 10.0. The Morgan fingerprint density at radius 2 is 1.71 bits per heavy atom. The molecule has 0 atom stereocenters. The zero-order chi connectivity index (χ0) is 17.4. The van der Waals surface area contributed by atoms with Gasteiger partial charge < -0.3 is 20.5 Å². The van der Waals surface area contributed by atoms with E-state index in [0.29, 0.717) is 6.54 Å². The van der Waals surface area contributed by atoms with Crippen LogP contribution in [-0.2, 0) is 13.0 Å². The third kappa shape index (κ3) is 5.07. The van der Waals surface area contributed by atoms with Gasteiger partial charge in [0.25, 0.3) is 0 Å². The molecule has 0 radical (unpaired) electrons. The van der Waals surface area contributed by atoms with Crippen molar-refractivity contribution in [2.24, 2.45) is 5.73 Å². The van der Waals surface area contributed by atoms with E-state index in [4.69, 9.17) is 5.73 Å². The fraction of sp³-hybridized carbons (Fsp3) is 0.600. The Balaban J connectivity index is 1.95. The minimum absolute atomic E-state index is 0.237. The van der Waals surface area contributed by atoms with E-state index in [1.165, 1.54) is 49.5 Å². The van der Waals surface area contributed by atoms with E-state index in [1.807, 2.05) is 10.8 Å². The van der Waals surface area contributed by atoms with Crippen LogP contribution in [0.5, 0.6) is 0 Å². The smallest absolute Gasteiger partial charge is 0.0804 e. The second-order valence-electron chi connectivity index (χ2n) is 7.03. The van der Waals surface area contributed by atoms with Gasteiger partial charge in [-0.1, -0.05) is 45.1 Å². The number of benzene rings is 1. The molecule has 0 aliphatic rings. The molecule has 0 amide bonds. The lowest BCUT2D eigenvalue weighted by Gasteiger charge is -2.25. The predicted molar refractivity (Wildman–Crippen MR) is 100 cm³/mol. The summed E-state index contributed by atoms with van der Waals surface area (Å²) in [7, 11) is 0. The van der Waals surface area contributed by atoms with E-state index in [9.17, 15) is 10.2 Å². The van der Waals surface area contributed by atoms with Gasteiger partial charge in [-0.2, -0.15) is 0 Å². The second-order valence-corrected chi connectivity index (χ2v) is 7.03. The molecule has 0 fully saturated rings. The molecule has 0 aliphatic heterocycles. The Morgan fingerprint density at radius 3 is 2.42 bits per heavy atom. The van der Waals surface area contributed by atoms with Crippen molar-refractivity contribution in [2.45, 2.75) is 64.0 Å². The average Bonchev–Trinajstić information content (AvgIpc) is 3.00. The van der Waals surface area contributed by atoms with E-state index in [0.717, 1.165) is 11.9 Å². The number of nitrogens with two attached hydrogens (primary N) is 1. The summed E-state index contributed by atoms with van der Waals surface area (Å²) in [5, 5.41) is 19.9. The van der Waals surface area contributed by atoms with Crippen LogP contribution in [0, 0.1) is 0 Å². The van der Waals surface area contributed by atoms with Crippen LogP contribution in [0.25, 0.3) is 10.9 Å². The Hall–Kier alpha value is -1.36. The van der Waals surface area contributed by atoms with Gasteiger partial charge in [0, 0.05) is 18.3 Å². The molecule has 0 aliphatic carbocycles. The van der Waals surface area contributed by atoms with Crippen LogP contribution < -0.4 is 5.73 Å². The first-order valence-corrected chi connectivity index (χ1v) is 9.20. The maximum absolute atomic E-state index is 9.38. The molecular formula is C20H32N2O2. The van der Waals surface area contributed by atoms with Crippen molar-refractivity contribution in [1.29, 1.82) is 0 Å². The quantitative estimate of drug-likeness (QED) is 0.553. The van der Waals surface area contributed by atoms with E-state index in [1.54, 1.807) is 0 Å². The summed E-state index contributed by atoms with van der Waals surface area (Å²) in [6.07, 6.45) is 11.0. The highest BCUT2D eigenvalue weighted by Gasteiger charge is 2.24. The maximum atomic E-state index is 9.38. The molecule has 24 heavy (non-hydrogen) atoms. The first kappa shape index (κ1) is 19.0. The molecule has 1 aromatic heterocycles. The van der Waals surface area contributed by atoms with Crippen molar-refractivity contribution in [3.8, 4) is 0 Å². The summed E-state index contributed by atoms with van der Waals surface area (Å²) in [6.45, 7) is 2.18. The predicted octanol–water partition coefficient (Wildman–Crippen LogP) is 3.23. The highest BCUT2D eigenvalue weighted by Crippen LogP contribution is 2.21. The number of aliphatic hydroxyl groups excluding tert-OH is 2. The summed E-state index contributed by atoms with van der Waals surface area (Å²) >= 11 is 0. The van der Waals surface area contributed by atoms with Crippen LogP contribution in [0.3, 0.4) is 0 Å². The fourth-order valence-corrected chi connectivity index (χ4v) is 3.14. The zero-order valence-corrected chi connectivity index (χ0v) is 14.9. The number of unbranched alkanes of at least 4 members (excludes halogenated alkanes) is 5. The van der Waals surface area contributed by atoms with Crippen molar-refractivity contribution in [3.63, 3.8) is 0 Å². The molecule has 1 heterocycles. The Morgan fingerprint density at radius 1 is 1.00 bits per heavy atom. The van der Waals surface area contributed by atoms with Gasteiger partial charge in [-0.25, -0.2) is 0 Å². The molecule has 2 rings (SSSR count). The second kappa shape index (κ2) is 9.21. The number of aromatic nitrogens is 1. The summed E-state index contributed by atoms with van der Waals surface area (Å²) in [5.74, 6) is 0. The molecular weight excluding hydrogens is 300 g/mol. The van der Waals surface area contributed by atoms with E-state index < -0.39 is 5.54 Å². The van der Waals surface area contributed by atoms with Crippen LogP contribution in [0.15, 0.2) is 30.5 Å². The van der Waals surface area contributed by atoms with Crippen molar-refractivity contribution < 1.29 is 10.2 Å². The van der Waals surface area contributed by atoms with Crippen molar-refractivity contribution in [1.82, 2.24) is 4.57 Å². The van der Waals surface area contributed by atoms with Crippen molar-refractivity contribution in [2.75, 3.05) is 13.2 Å². The third-order valence-electron chi connectivity index (χ3n) is 4.77. The number of hydrogen-bond donors (Lipinski definition) is 3. The lowest BCUT2D eigenvalue weighted by Crippen LogP contribution is -2.50. The standard InChI is InChI=1S/C20H32N2O2/c1-2-3-4-5-6-7-8-17-9-10-19-18(13-17)11-12-22(19)14-20(21,15-23)16-24/h9-13,23-24H,2-8,14-16,21H2,1H3.